The van der Waals surface area contributed by atoms with E-state index in [1.165, 1.54) is 0 Å². The Morgan fingerprint density at radius 2 is 1.62 bits per heavy atom. The molecule has 0 bridgehead atoms. The number of hydrogen-bond acceptors (Lipinski definition) is 2. The van der Waals surface area contributed by atoms with Crippen molar-refractivity contribution in [1.82, 2.24) is 0 Å². The second kappa shape index (κ2) is 7.97. The van der Waals surface area contributed by atoms with E-state index in [-0.39, 0.29) is 10.6 Å². The molecule has 132 valence electrons. The highest BCUT2D eigenvalue weighted by Crippen LogP contribution is 2.22. The summed E-state index contributed by atoms with van der Waals surface area (Å²) in [5.41, 5.74) is 1.37. The quantitative estimate of drug-likeness (QED) is 0.604. The van der Waals surface area contributed by atoms with Crippen LogP contribution in [0.25, 0.3) is 0 Å². The first-order valence-corrected chi connectivity index (χ1v) is 8.13. The SMILES string of the molecule is O=C(Nc1ccc(OCc2ccccc2)cc1)c1cc(F)c(F)cc1Cl. The lowest BCUT2D eigenvalue weighted by atomic mass is 10.2. The summed E-state index contributed by atoms with van der Waals surface area (Å²) in [5, 5.41) is 2.42. The number of nitrogens with one attached hydrogen (secondary N) is 1. The van der Waals surface area contributed by atoms with Gasteiger partial charge < -0.3 is 10.1 Å². The van der Waals surface area contributed by atoms with E-state index < -0.39 is 17.5 Å². The van der Waals surface area contributed by atoms with E-state index >= 15 is 0 Å². The maximum absolute atomic E-state index is 13.3. The number of anilines is 1. The normalized spacial score (nSPS) is 10.4. The summed E-state index contributed by atoms with van der Waals surface area (Å²) < 4.78 is 32.0. The summed E-state index contributed by atoms with van der Waals surface area (Å²) in [7, 11) is 0. The summed E-state index contributed by atoms with van der Waals surface area (Å²) in [5.74, 6) is -2.24. The lowest BCUT2D eigenvalue weighted by Gasteiger charge is -2.09. The Kier molecular flexibility index (Phi) is 5.49. The van der Waals surface area contributed by atoms with Crippen molar-refractivity contribution in [3.63, 3.8) is 0 Å². The molecule has 0 aliphatic rings. The molecule has 0 saturated heterocycles. The second-order valence-corrected chi connectivity index (χ2v) is 5.91. The first-order valence-electron chi connectivity index (χ1n) is 7.75. The van der Waals surface area contributed by atoms with Crippen molar-refractivity contribution in [3.8, 4) is 5.75 Å². The van der Waals surface area contributed by atoms with Gasteiger partial charge in [-0.25, -0.2) is 8.78 Å². The first-order chi connectivity index (χ1) is 12.5. The average molecular weight is 374 g/mol. The average Bonchev–Trinajstić information content (AvgIpc) is 2.65. The van der Waals surface area contributed by atoms with Gasteiger partial charge in [-0.15, -0.1) is 0 Å². The lowest BCUT2D eigenvalue weighted by molar-refractivity contribution is 0.102. The van der Waals surface area contributed by atoms with Gasteiger partial charge in [0.1, 0.15) is 12.4 Å². The standard InChI is InChI=1S/C20H14ClF2NO2/c21-17-11-19(23)18(22)10-16(17)20(25)24-14-6-8-15(9-7-14)26-12-13-4-2-1-3-5-13/h1-11H,12H2,(H,24,25). The van der Waals surface area contributed by atoms with Crippen LogP contribution in [0.3, 0.4) is 0 Å². The fourth-order valence-electron chi connectivity index (χ4n) is 2.27. The van der Waals surface area contributed by atoms with Gasteiger partial charge in [-0.05, 0) is 42.0 Å². The van der Waals surface area contributed by atoms with Crippen molar-refractivity contribution in [2.75, 3.05) is 5.32 Å². The molecule has 0 radical (unpaired) electrons. The van der Waals surface area contributed by atoms with Crippen LogP contribution in [0.1, 0.15) is 15.9 Å². The summed E-state index contributed by atoms with van der Waals surface area (Å²) >= 11 is 5.80. The number of carbonyl (C=O) groups is 1. The maximum atomic E-state index is 13.3. The van der Waals surface area contributed by atoms with Crippen LogP contribution in [0.15, 0.2) is 66.7 Å². The third-order valence-electron chi connectivity index (χ3n) is 3.62. The third kappa shape index (κ3) is 4.37. The first kappa shape index (κ1) is 17.9. The van der Waals surface area contributed by atoms with Crippen molar-refractivity contribution >= 4 is 23.2 Å². The largest absolute Gasteiger partial charge is 0.489 e. The van der Waals surface area contributed by atoms with Crippen molar-refractivity contribution in [2.24, 2.45) is 0 Å². The Bertz CT molecular complexity index is 915. The van der Waals surface area contributed by atoms with Gasteiger partial charge in [0.15, 0.2) is 11.6 Å². The Balaban J connectivity index is 1.64. The Hall–Kier alpha value is -2.92. The second-order valence-electron chi connectivity index (χ2n) is 5.50. The minimum atomic E-state index is -1.13. The number of rotatable bonds is 5. The van der Waals surface area contributed by atoms with Crippen molar-refractivity contribution in [2.45, 2.75) is 6.61 Å². The fraction of sp³-hybridized carbons (Fsp3) is 0.0500. The third-order valence-corrected chi connectivity index (χ3v) is 3.93. The fourth-order valence-corrected chi connectivity index (χ4v) is 2.51. The number of benzene rings is 3. The molecular formula is C20H14ClF2NO2. The molecule has 0 saturated carbocycles. The van der Waals surface area contributed by atoms with Crippen LogP contribution in [0, 0.1) is 11.6 Å². The molecule has 0 fully saturated rings. The van der Waals surface area contributed by atoms with Gasteiger partial charge in [0.2, 0.25) is 0 Å². The van der Waals surface area contributed by atoms with Crippen molar-refractivity contribution < 1.29 is 18.3 Å². The number of halogens is 3. The van der Waals surface area contributed by atoms with Crippen LogP contribution < -0.4 is 10.1 Å². The van der Waals surface area contributed by atoms with E-state index in [2.05, 4.69) is 5.32 Å². The Morgan fingerprint density at radius 3 is 2.31 bits per heavy atom. The van der Waals surface area contributed by atoms with Gasteiger partial charge in [0, 0.05) is 5.69 Å². The van der Waals surface area contributed by atoms with E-state index in [1.807, 2.05) is 30.3 Å². The van der Waals surface area contributed by atoms with Gasteiger partial charge in [-0.1, -0.05) is 41.9 Å². The zero-order valence-electron chi connectivity index (χ0n) is 13.5. The Labute approximate surface area is 154 Å². The molecule has 0 spiro atoms. The smallest absolute Gasteiger partial charge is 0.257 e. The van der Waals surface area contributed by atoms with Crippen molar-refractivity contribution in [3.05, 3.63) is 94.5 Å². The van der Waals surface area contributed by atoms with Crippen LogP contribution in [0.5, 0.6) is 5.75 Å². The highest BCUT2D eigenvalue weighted by atomic mass is 35.5. The molecule has 0 heterocycles. The molecule has 6 heteroatoms. The topological polar surface area (TPSA) is 38.3 Å². The van der Waals surface area contributed by atoms with Gasteiger partial charge in [-0.3, -0.25) is 4.79 Å². The summed E-state index contributed by atoms with van der Waals surface area (Å²) in [4.78, 5) is 12.2. The van der Waals surface area contributed by atoms with Crippen LogP contribution >= 0.6 is 11.6 Å². The molecule has 3 rings (SSSR count). The molecule has 0 unspecified atom stereocenters. The monoisotopic (exact) mass is 373 g/mol. The summed E-state index contributed by atoms with van der Waals surface area (Å²) in [6.07, 6.45) is 0. The van der Waals surface area contributed by atoms with E-state index in [1.54, 1.807) is 24.3 Å². The summed E-state index contributed by atoms with van der Waals surface area (Å²) in [6.45, 7) is 0.428. The molecule has 26 heavy (non-hydrogen) atoms. The van der Waals surface area contributed by atoms with Crippen LogP contribution in [0.4, 0.5) is 14.5 Å². The predicted molar refractivity (Wildman–Crippen MR) is 96.5 cm³/mol. The zero-order valence-corrected chi connectivity index (χ0v) is 14.3. The molecular weight excluding hydrogens is 360 g/mol. The molecule has 3 aromatic rings. The molecule has 0 aliphatic carbocycles. The van der Waals surface area contributed by atoms with E-state index in [0.717, 1.165) is 17.7 Å². The summed E-state index contributed by atoms with van der Waals surface area (Å²) in [6, 6.07) is 17.9. The Morgan fingerprint density at radius 1 is 0.962 bits per heavy atom. The maximum Gasteiger partial charge on any atom is 0.257 e. The minimum Gasteiger partial charge on any atom is -0.489 e. The van der Waals surface area contributed by atoms with Crippen molar-refractivity contribution in [1.29, 1.82) is 0 Å². The molecule has 0 aromatic heterocycles. The molecule has 3 nitrogen and oxygen atoms in total. The number of hydrogen-bond donors (Lipinski definition) is 1. The van der Waals surface area contributed by atoms with E-state index in [0.29, 0.717) is 18.0 Å². The molecule has 3 aromatic carbocycles. The molecule has 0 atom stereocenters. The molecule has 1 N–H and O–H groups in total. The zero-order chi connectivity index (χ0) is 18.5. The van der Waals surface area contributed by atoms with Gasteiger partial charge >= 0.3 is 0 Å². The lowest BCUT2D eigenvalue weighted by Crippen LogP contribution is -2.13. The van der Waals surface area contributed by atoms with Crippen LogP contribution in [0.2, 0.25) is 5.02 Å². The van der Waals surface area contributed by atoms with Crippen LogP contribution in [-0.4, -0.2) is 5.91 Å². The highest BCUT2D eigenvalue weighted by molar-refractivity contribution is 6.34. The minimum absolute atomic E-state index is 0.144. The van der Waals surface area contributed by atoms with Gasteiger partial charge in [0.05, 0.1) is 10.6 Å². The van der Waals surface area contributed by atoms with Crippen LogP contribution in [-0.2, 0) is 6.61 Å². The molecule has 1 amide bonds. The highest BCUT2D eigenvalue weighted by Gasteiger charge is 2.15. The predicted octanol–water partition coefficient (Wildman–Crippen LogP) is 5.45. The number of carbonyl (C=O) groups excluding carboxylic acids is 1. The molecule has 0 aliphatic heterocycles. The van der Waals surface area contributed by atoms with Gasteiger partial charge in [-0.2, -0.15) is 0 Å². The van der Waals surface area contributed by atoms with E-state index in [9.17, 15) is 13.6 Å². The number of ether oxygens (including phenoxy) is 1. The number of amides is 1. The van der Waals surface area contributed by atoms with Gasteiger partial charge in [0.25, 0.3) is 5.91 Å². The van der Waals surface area contributed by atoms with E-state index in [4.69, 9.17) is 16.3 Å².